The van der Waals surface area contributed by atoms with Crippen LogP contribution in [-0.4, -0.2) is 41.3 Å². The summed E-state index contributed by atoms with van der Waals surface area (Å²) in [6.07, 6.45) is 2.36. The fraction of sp³-hybridized carbons (Fsp3) is 0.647. The monoisotopic (exact) mass is 277 g/mol. The first-order valence-electron chi connectivity index (χ1n) is 7.52. The van der Waals surface area contributed by atoms with Gasteiger partial charge < -0.3 is 14.7 Å². The van der Waals surface area contributed by atoms with Crippen molar-refractivity contribution in [3.63, 3.8) is 0 Å². The molecule has 1 saturated heterocycles. The lowest BCUT2D eigenvalue weighted by molar-refractivity contribution is 0.0140. The van der Waals surface area contributed by atoms with Crippen molar-refractivity contribution in [3.8, 4) is 5.75 Å². The Morgan fingerprint density at radius 2 is 1.85 bits per heavy atom. The second-order valence-corrected chi connectivity index (χ2v) is 6.65. The van der Waals surface area contributed by atoms with Gasteiger partial charge in [-0.3, -0.25) is 0 Å². The van der Waals surface area contributed by atoms with Crippen molar-refractivity contribution in [1.29, 1.82) is 0 Å². The second kappa shape index (κ2) is 6.15. The Balaban J connectivity index is 1.83. The maximum Gasteiger partial charge on any atom is 0.120 e. The predicted octanol–water partition coefficient (Wildman–Crippen LogP) is 2.92. The molecule has 20 heavy (non-hydrogen) atoms. The fourth-order valence-corrected chi connectivity index (χ4v) is 2.71. The average Bonchev–Trinajstić information content (AvgIpc) is 2.35. The topological polar surface area (TPSA) is 32.7 Å². The number of ether oxygens (including phenoxy) is 1. The Hall–Kier alpha value is -1.06. The molecule has 3 nitrogen and oxygen atoms in total. The van der Waals surface area contributed by atoms with Gasteiger partial charge in [-0.1, -0.05) is 6.07 Å². The van der Waals surface area contributed by atoms with E-state index in [0.29, 0.717) is 6.10 Å². The molecule has 1 N–H and O–H groups in total. The number of piperidine rings is 1. The van der Waals surface area contributed by atoms with Crippen LogP contribution in [0.4, 0.5) is 0 Å². The summed E-state index contributed by atoms with van der Waals surface area (Å²) in [6, 6.07) is 6.30. The molecule has 2 rings (SSSR count). The van der Waals surface area contributed by atoms with E-state index in [9.17, 15) is 5.11 Å². The first-order chi connectivity index (χ1) is 9.33. The summed E-state index contributed by atoms with van der Waals surface area (Å²) in [4.78, 5) is 2.32. The molecule has 0 unspecified atom stereocenters. The molecule has 0 amide bonds. The van der Waals surface area contributed by atoms with Crippen molar-refractivity contribution < 1.29 is 9.84 Å². The van der Waals surface area contributed by atoms with E-state index in [2.05, 4.69) is 36.9 Å². The average molecular weight is 277 g/mol. The lowest BCUT2D eigenvalue weighted by Crippen LogP contribution is -2.45. The Kier molecular flexibility index (Phi) is 4.71. The molecule has 0 aromatic heterocycles. The van der Waals surface area contributed by atoms with Gasteiger partial charge in [-0.15, -0.1) is 0 Å². The van der Waals surface area contributed by atoms with Crippen LogP contribution in [0.1, 0.15) is 37.8 Å². The summed E-state index contributed by atoms with van der Waals surface area (Å²) in [6.45, 7) is 10.7. The minimum absolute atomic E-state index is 0.301. The minimum atomic E-state index is -0.609. The van der Waals surface area contributed by atoms with Crippen LogP contribution in [0.3, 0.4) is 0 Å². The van der Waals surface area contributed by atoms with Crippen LogP contribution >= 0.6 is 0 Å². The summed E-state index contributed by atoms with van der Waals surface area (Å²) in [7, 11) is 0. The van der Waals surface area contributed by atoms with E-state index < -0.39 is 5.60 Å². The van der Waals surface area contributed by atoms with E-state index in [1.807, 2.05) is 13.8 Å². The molecular formula is C17H27NO2. The molecular weight excluding hydrogens is 250 g/mol. The molecule has 3 heteroatoms. The van der Waals surface area contributed by atoms with Gasteiger partial charge in [-0.25, -0.2) is 0 Å². The minimum Gasteiger partial charge on any atom is -0.490 e. The summed E-state index contributed by atoms with van der Waals surface area (Å²) >= 11 is 0. The van der Waals surface area contributed by atoms with E-state index in [4.69, 9.17) is 4.74 Å². The highest BCUT2D eigenvalue weighted by Crippen LogP contribution is 2.22. The zero-order chi connectivity index (χ0) is 14.8. The fourth-order valence-electron chi connectivity index (χ4n) is 2.71. The van der Waals surface area contributed by atoms with Gasteiger partial charge in [0.2, 0.25) is 0 Å². The normalized spacial score (nSPS) is 18.2. The first-order valence-corrected chi connectivity index (χ1v) is 7.52. The third kappa shape index (κ3) is 4.50. The molecule has 1 aliphatic rings. The van der Waals surface area contributed by atoms with Crippen molar-refractivity contribution in [1.82, 2.24) is 4.90 Å². The molecule has 1 aromatic rings. The highest BCUT2D eigenvalue weighted by Gasteiger charge is 2.24. The molecule has 1 aliphatic heterocycles. The van der Waals surface area contributed by atoms with Crippen LogP contribution in [0.25, 0.3) is 0 Å². The van der Waals surface area contributed by atoms with Crippen LogP contribution in [-0.2, 0) is 0 Å². The van der Waals surface area contributed by atoms with Crippen molar-refractivity contribution in [3.05, 3.63) is 29.3 Å². The maximum atomic E-state index is 9.85. The Bertz CT molecular complexity index is 443. The standard InChI is InChI=1S/C17H27NO2/c1-13-5-6-16(11-14(13)2)20-15-7-9-18(10-8-15)12-17(3,4)19/h5-6,11,15,19H,7-10,12H2,1-4H3. The number of likely N-dealkylation sites (tertiary alicyclic amines) is 1. The summed E-state index contributed by atoms with van der Waals surface area (Å²) < 4.78 is 6.08. The van der Waals surface area contributed by atoms with Gasteiger partial charge >= 0.3 is 0 Å². The Morgan fingerprint density at radius 1 is 1.20 bits per heavy atom. The quantitative estimate of drug-likeness (QED) is 0.918. The highest BCUT2D eigenvalue weighted by atomic mass is 16.5. The first kappa shape index (κ1) is 15.3. The van der Waals surface area contributed by atoms with E-state index in [1.165, 1.54) is 11.1 Å². The number of rotatable bonds is 4. The molecule has 0 saturated carbocycles. The molecule has 0 atom stereocenters. The molecule has 0 bridgehead atoms. The smallest absolute Gasteiger partial charge is 0.120 e. The van der Waals surface area contributed by atoms with E-state index in [1.54, 1.807) is 0 Å². The Labute approximate surface area is 122 Å². The number of aryl methyl sites for hydroxylation is 2. The van der Waals surface area contributed by atoms with Crippen LogP contribution in [0.15, 0.2) is 18.2 Å². The van der Waals surface area contributed by atoms with Crippen molar-refractivity contribution in [2.75, 3.05) is 19.6 Å². The third-order valence-electron chi connectivity index (χ3n) is 3.93. The number of hydrogen-bond donors (Lipinski definition) is 1. The van der Waals surface area contributed by atoms with Gasteiger partial charge in [-0.2, -0.15) is 0 Å². The summed E-state index contributed by atoms with van der Waals surface area (Å²) in [5.41, 5.74) is 1.97. The SMILES string of the molecule is Cc1ccc(OC2CCN(CC(C)(C)O)CC2)cc1C. The summed E-state index contributed by atoms with van der Waals surface area (Å²) in [5, 5.41) is 9.85. The van der Waals surface area contributed by atoms with E-state index in [-0.39, 0.29) is 0 Å². The van der Waals surface area contributed by atoms with Gasteiger partial charge in [0.15, 0.2) is 0 Å². The molecule has 0 radical (unpaired) electrons. The van der Waals surface area contributed by atoms with E-state index >= 15 is 0 Å². The van der Waals surface area contributed by atoms with Crippen molar-refractivity contribution in [2.24, 2.45) is 0 Å². The molecule has 0 aliphatic carbocycles. The number of aliphatic hydroxyl groups is 1. The zero-order valence-electron chi connectivity index (χ0n) is 13.1. The van der Waals surface area contributed by atoms with Crippen LogP contribution in [0.2, 0.25) is 0 Å². The predicted molar refractivity (Wildman–Crippen MR) is 82.3 cm³/mol. The largest absolute Gasteiger partial charge is 0.490 e. The van der Waals surface area contributed by atoms with Gasteiger partial charge in [0.25, 0.3) is 0 Å². The van der Waals surface area contributed by atoms with Gasteiger partial charge in [0, 0.05) is 19.6 Å². The van der Waals surface area contributed by atoms with Crippen LogP contribution in [0.5, 0.6) is 5.75 Å². The third-order valence-corrected chi connectivity index (χ3v) is 3.93. The molecule has 0 spiro atoms. The van der Waals surface area contributed by atoms with E-state index in [0.717, 1.165) is 38.2 Å². The van der Waals surface area contributed by atoms with Crippen LogP contribution < -0.4 is 4.74 Å². The number of nitrogens with zero attached hydrogens (tertiary/aromatic N) is 1. The lowest BCUT2D eigenvalue weighted by Gasteiger charge is -2.35. The van der Waals surface area contributed by atoms with Crippen LogP contribution in [0, 0.1) is 13.8 Å². The lowest BCUT2D eigenvalue weighted by atomic mass is 10.0. The summed E-state index contributed by atoms with van der Waals surface area (Å²) in [5.74, 6) is 0.981. The molecule has 1 heterocycles. The highest BCUT2D eigenvalue weighted by molar-refractivity contribution is 5.33. The van der Waals surface area contributed by atoms with Gasteiger partial charge in [0.05, 0.1) is 5.60 Å². The van der Waals surface area contributed by atoms with Gasteiger partial charge in [-0.05, 0) is 63.8 Å². The number of benzene rings is 1. The van der Waals surface area contributed by atoms with Crippen molar-refractivity contribution in [2.45, 2.75) is 52.2 Å². The Morgan fingerprint density at radius 3 is 2.40 bits per heavy atom. The number of β-amino-alcohol motifs (C(OH)–C–C–N with tert-alkyl or cyclic N) is 1. The molecule has 112 valence electrons. The maximum absolute atomic E-state index is 9.85. The zero-order valence-corrected chi connectivity index (χ0v) is 13.1. The number of hydrogen-bond acceptors (Lipinski definition) is 3. The van der Waals surface area contributed by atoms with Crippen molar-refractivity contribution >= 4 is 0 Å². The van der Waals surface area contributed by atoms with Gasteiger partial charge in [0.1, 0.15) is 11.9 Å². The molecule has 1 aromatic carbocycles. The molecule has 1 fully saturated rings. The second-order valence-electron chi connectivity index (χ2n) is 6.65.